The van der Waals surface area contributed by atoms with Gasteiger partial charge in [0.2, 0.25) is 0 Å². The Balaban J connectivity index is 2.31. The fourth-order valence-corrected chi connectivity index (χ4v) is 2.60. The summed E-state index contributed by atoms with van der Waals surface area (Å²) in [5.41, 5.74) is 2.53. The molecule has 0 aliphatic carbocycles. The summed E-state index contributed by atoms with van der Waals surface area (Å²) in [5.74, 6) is -0.177. The molecule has 0 amide bonds. The van der Waals surface area contributed by atoms with Crippen LogP contribution >= 0.6 is 11.5 Å². The van der Waals surface area contributed by atoms with Gasteiger partial charge in [-0.15, -0.1) is 0 Å². The summed E-state index contributed by atoms with van der Waals surface area (Å²) in [5, 5.41) is 12.8. The molecule has 5 nitrogen and oxygen atoms in total. The van der Waals surface area contributed by atoms with Gasteiger partial charge in [-0.3, -0.25) is 0 Å². The van der Waals surface area contributed by atoms with Crippen LogP contribution in [0.1, 0.15) is 21.6 Å². The number of rotatable bonds is 4. The zero-order valence-electron chi connectivity index (χ0n) is 10.9. The molecule has 0 atom stereocenters. The molecule has 19 heavy (non-hydrogen) atoms. The maximum atomic E-state index is 11.2. The molecule has 0 saturated heterocycles. The second-order valence-corrected chi connectivity index (χ2v) is 4.86. The number of carboxylic acid groups (broad SMARTS) is 1. The van der Waals surface area contributed by atoms with E-state index in [1.807, 2.05) is 25.1 Å². The Morgan fingerprint density at radius 1 is 1.42 bits per heavy atom. The third-order valence-electron chi connectivity index (χ3n) is 2.73. The Kier molecular flexibility index (Phi) is 3.71. The molecule has 2 rings (SSSR count). The van der Waals surface area contributed by atoms with Gasteiger partial charge >= 0.3 is 5.97 Å². The summed E-state index contributed by atoms with van der Waals surface area (Å²) in [6, 6.07) is 5.58. The molecule has 0 aliphatic rings. The quantitative estimate of drug-likeness (QED) is 0.898. The first-order valence-corrected chi connectivity index (χ1v) is 6.41. The monoisotopic (exact) mass is 278 g/mol. The molecule has 0 aliphatic heterocycles. The largest absolute Gasteiger partial charge is 0.496 e. The van der Waals surface area contributed by atoms with E-state index in [4.69, 9.17) is 9.84 Å². The molecule has 0 spiro atoms. The maximum Gasteiger partial charge on any atom is 0.340 e. The highest BCUT2D eigenvalue weighted by Crippen LogP contribution is 2.30. The van der Waals surface area contributed by atoms with Crippen molar-refractivity contribution < 1.29 is 14.6 Å². The number of carboxylic acids is 1. The van der Waals surface area contributed by atoms with Crippen molar-refractivity contribution in [3.05, 3.63) is 35.0 Å². The smallest absolute Gasteiger partial charge is 0.340 e. The van der Waals surface area contributed by atoms with Gasteiger partial charge in [0.1, 0.15) is 16.3 Å². The van der Waals surface area contributed by atoms with E-state index in [0.29, 0.717) is 10.7 Å². The first kappa shape index (κ1) is 13.4. The number of carbonyl (C=O) groups is 1. The fourth-order valence-electron chi connectivity index (χ4n) is 1.79. The average molecular weight is 278 g/mol. The van der Waals surface area contributed by atoms with E-state index in [1.165, 1.54) is 0 Å². The van der Waals surface area contributed by atoms with Crippen molar-refractivity contribution in [1.29, 1.82) is 0 Å². The lowest BCUT2D eigenvalue weighted by Gasteiger charge is -2.09. The van der Waals surface area contributed by atoms with E-state index in [-0.39, 0.29) is 5.56 Å². The van der Waals surface area contributed by atoms with Crippen LogP contribution in [0.25, 0.3) is 0 Å². The lowest BCUT2D eigenvalue weighted by Crippen LogP contribution is -2.01. The Hall–Kier alpha value is -2.08. The fraction of sp³-hybridized carbons (Fsp3) is 0.231. The van der Waals surface area contributed by atoms with Crippen molar-refractivity contribution in [2.24, 2.45) is 0 Å². The number of hydrogen-bond donors (Lipinski definition) is 2. The van der Waals surface area contributed by atoms with Crippen molar-refractivity contribution in [2.45, 2.75) is 13.8 Å². The second-order valence-electron chi connectivity index (χ2n) is 4.09. The number of benzene rings is 1. The predicted octanol–water partition coefficient (Wildman–Crippen LogP) is 3.21. The van der Waals surface area contributed by atoms with E-state index in [1.54, 1.807) is 14.0 Å². The minimum absolute atomic E-state index is 0.221. The van der Waals surface area contributed by atoms with E-state index in [2.05, 4.69) is 9.69 Å². The molecule has 0 bridgehead atoms. The van der Waals surface area contributed by atoms with Crippen LogP contribution in [0.15, 0.2) is 18.2 Å². The molecule has 100 valence electrons. The second kappa shape index (κ2) is 5.27. The molecular weight excluding hydrogens is 264 g/mol. The summed E-state index contributed by atoms with van der Waals surface area (Å²) in [7, 11) is 1.62. The van der Waals surface area contributed by atoms with Crippen LogP contribution in [0.4, 0.5) is 10.7 Å². The summed E-state index contributed by atoms with van der Waals surface area (Å²) in [6.45, 7) is 3.62. The van der Waals surface area contributed by atoms with Gasteiger partial charge in [0.25, 0.3) is 0 Å². The number of ether oxygens (including phenoxy) is 1. The van der Waals surface area contributed by atoms with Gasteiger partial charge in [-0.05, 0) is 49.1 Å². The highest BCUT2D eigenvalue weighted by molar-refractivity contribution is 7.10. The maximum absolute atomic E-state index is 11.2. The standard InChI is InChI=1S/C13H14N2O3S/c1-7-6-9(4-5-10(7)18-3)14-12-11(13(16)17)8(2)15-19-12/h4-6,14H,1-3H3,(H,16,17). The topological polar surface area (TPSA) is 71.5 Å². The molecule has 0 saturated carbocycles. The van der Waals surface area contributed by atoms with Crippen molar-refractivity contribution in [2.75, 3.05) is 12.4 Å². The van der Waals surface area contributed by atoms with Gasteiger partial charge in [0.05, 0.1) is 12.8 Å². The van der Waals surface area contributed by atoms with Crippen LogP contribution in [0, 0.1) is 13.8 Å². The molecule has 1 aromatic carbocycles. The third-order valence-corrected chi connectivity index (χ3v) is 3.58. The van der Waals surface area contributed by atoms with Crippen LogP contribution in [-0.4, -0.2) is 22.6 Å². The van der Waals surface area contributed by atoms with Gasteiger partial charge in [-0.1, -0.05) is 0 Å². The lowest BCUT2D eigenvalue weighted by atomic mass is 10.2. The minimum Gasteiger partial charge on any atom is -0.496 e. The van der Waals surface area contributed by atoms with Crippen molar-refractivity contribution >= 4 is 28.2 Å². The molecule has 1 aromatic heterocycles. The number of nitrogens with one attached hydrogen (secondary N) is 1. The summed E-state index contributed by atoms with van der Waals surface area (Å²) < 4.78 is 9.25. The number of methoxy groups -OCH3 is 1. The number of nitrogens with zero attached hydrogens (tertiary/aromatic N) is 1. The zero-order valence-corrected chi connectivity index (χ0v) is 11.7. The number of aryl methyl sites for hydroxylation is 2. The van der Waals surface area contributed by atoms with E-state index < -0.39 is 5.97 Å². The Bertz CT molecular complexity index is 622. The third kappa shape index (κ3) is 2.68. The predicted molar refractivity (Wildman–Crippen MR) is 74.8 cm³/mol. The van der Waals surface area contributed by atoms with Gasteiger partial charge in [-0.25, -0.2) is 4.79 Å². The minimum atomic E-state index is -0.973. The van der Waals surface area contributed by atoms with E-state index in [9.17, 15) is 4.79 Å². The first-order chi connectivity index (χ1) is 9.02. The first-order valence-electron chi connectivity index (χ1n) is 5.64. The van der Waals surface area contributed by atoms with Crippen molar-refractivity contribution in [1.82, 2.24) is 4.37 Å². The molecule has 2 N–H and O–H groups in total. The average Bonchev–Trinajstić information content (AvgIpc) is 2.70. The number of anilines is 2. The SMILES string of the molecule is COc1ccc(Nc2snc(C)c2C(=O)O)cc1C. The Morgan fingerprint density at radius 2 is 2.16 bits per heavy atom. The molecule has 6 heteroatoms. The molecule has 0 fully saturated rings. The number of aromatic nitrogens is 1. The lowest BCUT2D eigenvalue weighted by molar-refractivity contribution is 0.0697. The molecular formula is C13H14N2O3S. The van der Waals surface area contributed by atoms with E-state index >= 15 is 0 Å². The Labute approximate surface area is 115 Å². The van der Waals surface area contributed by atoms with Gasteiger partial charge in [-0.2, -0.15) is 4.37 Å². The molecule has 0 unspecified atom stereocenters. The van der Waals surface area contributed by atoms with Gasteiger partial charge in [0.15, 0.2) is 0 Å². The summed E-state index contributed by atoms with van der Waals surface area (Å²) >= 11 is 1.14. The molecule has 1 heterocycles. The van der Waals surface area contributed by atoms with Gasteiger partial charge < -0.3 is 15.2 Å². The number of hydrogen-bond acceptors (Lipinski definition) is 5. The highest BCUT2D eigenvalue weighted by Gasteiger charge is 2.17. The Morgan fingerprint density at radius 3 is 2.74 bits per heavy atom. The normalized spacial score (nSPS) is 10.3. The number of aromatic carboxylic acids is 1. The van der Waals surface area contributed by atoms with Crippen LogP contribution in [0.5, 0.6) is 5.75 Å². The van der Waals surface area contributed by atoms with Crippen LogP contribution in [0.2, 0.25) is 0 Å². The van der Waals surface area contributed by atoms with Crippen LogP contribution in [-0.2, 0) is 0 Å². The van der Waals surface area contributed by atoms with Crippen molar-refractivity contribution in [3.8, 4) is 5.75 Å². The summed E-state index contributed by atoms with van der Waals surface area (Å²) in [4.78, 5) is 11.2. The van der Waals surface area contributed by atoms with E-state index in [0.717, 1.165) is 28.5 Å². The van der Waals surface area contributed by atoms with Gasteiger partial charge in [0, 0.05) is 5.69 Å². The van der Waals surface area contributed by atoms with Crippen LogP contribution in [0.3, 0.4) is 0 Å². The highest BCUT2D eigenvalue weighted by atomic mass is 32.1. The van der Waals surface area contributed by atoms with Crippen molar-refractivity contribution in [3.63, 3.8) is 0 Å². The summed E-state index contributed by atoms with van der Waals surface area (Å²) in [6.07, 6.45) is 0. The zero-order chi connectivity index (χ0) is 14.0. The van der Waals surface area contributed by atoms with Crippen LogP contribution < -0.4 is 10.1 Å². The molecule has 0 radical (unpaired) electrons. The molecule has 2 aromatic rings.